The van der Waals surface area contributed by atoms with Gasteiger partial charge in [0.1, 0.15) is 0 Å². The predicted octanol–water partition coefficient (Wildman–Crippen LogP) is 6.29. The van der Waals surface area contributed by atoms with Crippen molar-refractivity contribution in [3.05, 3.63) is 12.2 Å². The third kappa shape index (κ3) is 4.68. The minimum atomic E-state index is -6.26. The number of hydrogen-bond donors (Lipinski definition) is 1. The summed E-state index contributed by atoms with van der Waals surface area (Å²) >= 11 is 0. The maximum Gasteiger partial charge on any atom is 0.426 e. The van der Waals surface area contributed by atoms with Crippen molar-refractivity contribution in [2.45, 2.75) is 69.3 Å². The molecule has 1 fully saturated rings. The average Bonchev–Trinajstić information content (AvgIpc) is 2.54. The van der Waals surface area contributed by atoms with Crippen LogP contribution in [0.1, 0.15) is 39.0 Å². The van der Waals surface area contributed by atoms with Crippen LogP contribution in [-0.4, -0.2) is 41.2 Å². The Morgan fingerprint density at radius 1 is 0.742 bits per heavy atom. The first-order valence-corrected chi connectivity index (χ1v) is 8.72. The van der Waals surface area contributed by atoms with E-state index in [4.69, 9.17) is 0 Å². The number of carbonyl (C=O) groups is 1. The van der Waals surface area contributed by atoms with Crippen LogP contribution in [0, 0.1) is 17.3 Å². The van der Waals surface area contributed by atoms with Gasteiger partial charge in [-0.05, 0) is 44.1 Å². The summed E-state index contributed by atoms with van der Waals surface area (Å²) in [6.45, 7) is 3.84. The first kappa shape index (κ1) is 27.6. The minimum Gasteiger partial charge on any atom is -0.373 e. The zero-order valence-electron chi connectivity index (χ0n) is 15.8. The van der Waals surface area contributed by atoms with Crippen molar-refractivity contribution < 1.29 is 62.6 Å². The third-order valence-electron chi connectivity index (χ3n) is 5.81. The van der Waals surface area contributed by atoms with Crippen molar-refractivity contribution >= 4 is 5.78 Å². The van der Waals surface area contributed by atoms with E-state index < -0.39 is 91.0 Å². The fourth-order valence-electron chi connectivity index (χ4n) is 4.00. The number of alkyl halides is 12. The molecule has 0 spiro atoms. The molecule has 0 unspecified atom stereocenters. The van der Waals surface area contributed by atoms with Gasteiger partial charge in [-0.1, -0.05) is 6.58 Å². The molecule has 1 aliphatic carbocycles. The highest BCUT2D eigenvalue weighted by Crippen LogP contribution is 2.62. The van der Waals surface area contributed by atoms with Crippen LogP contribution in [0.3, 0.4) is 0 Å². The van der Waals surface area contributed by atoms with Gasteiger partial charge in [-0.25, -0.2) is 0 Å². The zero-order chi connectivity index (χ0) is 24.8. The van der Waals surface area contributed by atoms with Crippen molar-refractivity contribution in [1.29, 1.82) is 0 Å². The molecular weight excluding hydrogens is 464 g/mol. The Hall–Kier alpha value is -1.47. The molecule has 182 valence electrons. The molecule has 1 saturated carbocycles. The van der Waals surface area contributed by atoms with Crippen LogP contribution in [0.15, 0.2) is 12.2 Å². The molecule has 1 rings (SSSR count). The molecule has 1 aliphatic rings. The molecule has 2 nitrogen and oxygen atoms in total. The second-order valence-corrected chi connectivity index (χ2v) is 7.66. The summed E-state index contributed by atoms with van der Waals surface area (Å²) in [5.41, 5.74) is -10.6. The van der Waals surface area contributed by atoms with Crippen molar-refractivity contribution in [3.63, 3.8) is 0 Å². The van der Waals surface area contributed by atoms with E-state index in [1.165, 1.54) is 0 Å². The number of ketones is 1. The number of hydrogen-bond acceptors (Lipinski definition) is 2. The number of aliphatic hydroxyl groups is 1. The van der Waals surface area contributed by atoms with Crippen molar-refractivity contribution in [2.24, 2.45) is 17.3 Å². The maximum absolute atomic E-state index is 13.7. The lowest BCUT2D eigenvalue weighted by atomic mass is 9.61. The smallest absolute Gasteiger partial charge is 0.373 e. The third-order valence-corrected chi connectivity index (χ3v) is 5.81. The molecule has 14 heteroatoms. The second-order valence-electron chi connectivity index (χ2n) is 7.66. The molecule has 0 aromatic rings. The molecule has 0 heterocycles. The maximum atomic E-state index is 13.7. The number of carbonyl (C=O) groups excluding carboxylic acids is 1. The van der Waals surface area contributed by atoms with E-state index in [1.54, 1.807) is 0 Å². The summed E-state index contributed by atoms with van der Waals surface area (Å²) < 4.78 is 160. The molecular formula is C17H18F12O2. The van der Waals surface area contributed by atoms with Gasteiger partial charge in [0.05, 0.1) is 0 Å². The summed E-state index contributed by atoms with van der Waals surface area (Å²) in [6.07, 6.45) is -32.4. The van der Waals surface area contributed by atoms with Crippen LogP contribution in [0.5, 0.6) is 0 Å². The zero-order valence-corrected chi connectivity index (χ0v) is 15.8. The highest BCUT2D eigenvalue weighted by Gasteiger charge is 2.76. The van der Waals surface area contributed by atoms with Gasteiger partial charge in [-0.2, -0.15) is 52.7 Å². The molecule has 0 aromatic heterocycles. The molecule has 0 bridgehead atoms. The quantitative estimate of drug-likeness (QED) is 0.369. The van der Waals surface area contributed by atoms with E-state index in [2.05, 4.69) is 6.58 Å². The number of rotatable bonds is 5. The number of Topliss-reactive ketones (excluding diaryl/α,β-unsaturated/α-hetero) is 1. The first-order valence-electron chi connectivity index (χ1n) is 8.72. The molecule has 0 atom stereocenters. The van der Waals surface area contributed by atoms with Crippen LogP contribution in [0.2, 0.25) is 0 Å². The standard InChI is InChI=1S/C17H18F12O2/c1-8(2)11(30)7-12(14(18,19)20,15(21,22)23)9-3-5-10(6-4-9)13(31,16(24,25)26)17(27,28)29/h9-10,31H,1,3-7H2,2H3. The lowest BCUT2D eigenvalue weighted by molar-refractivity contribution is -0.391. The van der Waals surface area contributed by atoms with E-state index in [0.717, 1.165) is 6.92 Å². The lowest BCUT2D eigenvalue weighted by Gasteiger charge is -2.48. The van der Waals surface area contributed by atoms with Crippen molar-refractivity contribution in [3.8, 4) is 0 Å². The Morgan fingerprint density at radius 3 is 1.32 bits per heavy atom. The fourth-order valence-corrected chi connectivity index (χ4v) is 4.00. The lowest BCUT2D eigenvalue weighted by Crippen LogP contribution is -2.63. The summed E-state index contributed by atoms with van der Waals surface area (Å²) in [4.78, 5) is 11.7. The SMILES string of the molecule is C=C(C)C(=O)CC(C1CCC(C(O)(C(F)(F)F)C(F)(F)F)CC1)(C(F)(F)F)C(F)(F)F. The van der Waals surface area contributed by atoms with Crippen LogP contribution < -0.4 is 0 Å². The summed E-state index contributed by atoms with van der Waals surface area (Å²) in [5, 5.41) is 9.38. The van der Waals surface area contributed by atoms with E-state index in [1.807, 2.05) is 0 Å². The number of halogens is 12. The molecule has 0 saturated heterocycles. The molecule has 0 aliphatic heterocycles. The van der Waals surface area contributed by atoms with Crippen LogP contribution >= 0.6 is 0 Å². The summed E-state index contributed by atoms with van der Waals surface area (Å²) in [7, 11) is 0. The Kier molecular flexibility index (Phi) is 7.24. The van der Waals surface area contributed by atoms with Crippen molar-refractivity contribution in [2.75, 3.05) is 0 Å². The normalized spacial score (nSPS) is 22.4. The van der Waals surface area contributed by atoms with E-state index >= 15 is 0 Å². The first-order chi connectivity index (χ1) is 13.5. The van der Waals surface area contributed by atoms with E-state index in [0.29, 0.717) is 0 Å². The monoisotopic (exact) mass is 482 g/mol. The molecule has 31 heavy (non-hydrogen) atoms. The molecule has 0 radical (unpaired) electrons. The molecule has 1 N–H and O–H groups in total. The van der Waals surface area contributed by atoms with E-state index in [9.17, 15) is 62.6 Å². The van der Waals surface area contributed by atoms with Gasteiger partial charge in [0.25, 0.3) is 5.60 Å². The average molecular weight is 482 g/mol. The fraction of sp³-hybridized carbons (Fsp3) is 0.824. The highest BCUT2D eigenvalue weighted by molar-refractivity contribution is 5.94. The van der Waals surface area contributed by atoms with Gasteiger partial charge < -0.3 is 5.11 Å². The van der Waals surface area contributed by atoms with E-state index in [-0.39, 0.29) is 0 Å². The Bertz CT molecular complexity index is 647. The van der Waals surface area contributed by atoms with Crippen LogP contribution in [0.25, 0.3) is 0 Å². The van der Waals surface area contributed by atoms with Gasteiger partial charge in [0.15, 0.2) is 11.2 Å². The minimum absolute atomic E-state index is 0.630. The van der Waals surface area contributed by atoms with Gasteiger partial charge in [-0.3, -0.25) is 4.79 Å². The predicted molar refractivity (Wildman–Crippen MR) is 81.5 cm³/mol. The number of allylic oxidation sites excluding steroid dienone is 1. The highest BCUT2D eigenvalue weighted by atomic mass is 19.4. The molecule has 0 aromatic carbocycles. The van der Waals surface area contributed by atoms with Gasteiger partial charge in [0.2, 0.25) is 0 Å². The van der Waals surface area contributed by atoms with Crippen molar-refractivity contribution in [1.82, 2.24) is 0 Å². The Labute approximate surface area is 168 Å². The van der Waals surface area contributed by atoms with Gasteiger partial charge in [-0.15, -0.1) is 0 Å². The van der Waals surface area contributed by atoms with Gasteiger partial charge in [0, 0.05) is 12.3 Å². The second kappa shape index (κ2) is 8.14. The summed E-state index contributed by atoms with van der Waals surface area (Å²) in [6, 6.07) is 0. The Balaban J connectivity index is 3.41. The molecule has 0 amide bonds. The summed E-state index contributed by atoms with van der Waals surface area (Å²) in [5.74, 6) is -6.84. The topological polar surface area (TPSA) is 37.3 Å². The Morgan fingerprint density at radius 2 is 1.06 bits per heavy atom. The van der Waals surface area contributed by atoms with Crippen LogP contribution in [-0.2, 0) is 4.79 Å². The van der Waals surface area contributed by atoms with Crippen LogP contribution in [0.4, 0.5) is 52.7 Å². The van der Waals surface area contributed by atoms with Gasteiger partial charge >= 0.3 is 24.7 Å². The largest absolute Gasteiger partial charge is 0.426 e.